The molecule has 2 aromatic carbocycles. The number of hydrogen-bond donors (Lipinski definition) is 3. The summed E-state index contributed by atoms with van der Waals surface area (Å²) in [6, 6.07) is 14.5. The highest BCUT2D eigenvalue weighted by molar-refractivity contribution is 6.00. The highest BCUT2D eigenvalue weighted by atomic mass is 16.8. The van der Waals surface area contributed by atoms with Gasteiger partial charge in [0.25, 0.3) is 11.8 Å². The number of amides is 4. The monoisotopic (exact) mass is 820 g/mol. The molecule has 320 valence electrons. The molecule has 3 rings (SSSR count). The molecule has 0 saturated heterocycles. The average Bonchev–Trinajstić information content (AvgIpc) is 3.69. The van der Waals surface area contributed by atoms with E-state index in [1.165, 1.54) is 19.1 Å². The third-order valence-corrected chi connectivity index (χ3v) is 8.80. The lowest BCUT2D eigenvalue weighted by atomic mass is 9.90. The molecule has 3 atom stereocenters. The van der Waals surface area contributed by atoms with Crippen molar-refractivity contribution >= 4 is 42.0 Å². The lowest BCUT2D eigenvalue weighted by molar-refractivity contribution is -0.182. The largest absolute Gasteiger partial charge is 0.534 e. The van der Waals surface area contributed by atoms with Crippen molar-refractivity contribution in [3.63, 3.8) is 0 Å². The molecule has 1 aromatic heterocycles. The fourth-order valence-corrected chi connectivity index (χ4v) is 6.01. The van der Waals surface area contributed by atoms with Crippen LogP contribution in [0.4, 0.5) is 4.79 Å². The number of ketones is 1. The summed E-state index contributed by atoms with van der Waals surface area (Å²) in [5.41, 5.74) is 0.438. The number of nitrogens with one attached hydrogen (secondary N) is 3. The molecule has 0 spiro atoms. The highest BCUT2D eigenvalue weighted by Gasteiger charge is 2.34. The van der Waals surface area contributed by atoms with E-state index in [0.29, 0.717) is 24.8 Å². The number of benzene rings is 2. The summed E-state index contributed by atoms with van der Waals surface area (Å²) in [5, 5.41) is 8.68. The van der Waals surface area contributed by atoms with Crippen molar-refractivity contribution in [3.8, 4) is 17.1 Å². The Labute approximate surface area is 344 Å². The van der Waals surface area contributed by atoms with Crippen molar-refractivity contribution in [2.45, 2.75) is 111 Å². The molecule has 0 radical (unpaired) electrons. The number of furan rings is 1. The van der Waals surface area contributed by atoms with Crippen LogP contribution in [0.5, 0.6) is 5.75 Å². The van der Waals surface area contributed by atoms with E-state index in [0.717, 1.165) is 23.5 Å². The van der Waals surface area contributed by atoms with Gasteiger partial charge in [-0.3, -0.25) is 24.0 Å². The molecule has 3 N–H and O–H groups in total. The predicted molar refractivity (Wildman–Crippen MR) is 216 cm³/mol. The molecule has 0 aliphatic heterocycles. The van der Waals surface area contributed by atoms with Gasteiger partial charge in [-0.1, -0.05) is 69.5 Å². The lowest BCUT2D eigenvalue weighted by Gasteiger charge is -2.32. The zero-order valence-electron chi connectivity index (χ0n) is 34.8. The number of carbonyl (C=O) groups excluding carboxylic acids is 7. The van der Waals surface area contributed by atoms with E-state index in [4.69, 9.17) is 23.5 Å². The average molecular weight is 821 g/mol. The van der Waals surface area contributed by atoms with Crippen LogP contribution in [0.15, 0.2) is 65.1 Å². The lowest BCUT2D eigenvalue weighted by Crippen LogP contribution is -2.49. The van der Waals surface area contributed by atoms with Crippen LogP contribution in [-0.4, -0.2) is 78.1 Å². The van der Waals surface area contributed by atoms with Gasteiger partial charge in [-0.2, -0.15) is 5.06 Å². The van der Waals surface area contributed by atoms with E-state index < -0.39 is 53.4 Å². The van der Waals surface area contributed by atoms with Crippen molar-refractivity contribution in [1.82, 2.24) is 21.0 Å². The van der Waals surface area contributed by atoms with Crippen molar-refractivity contribution < 1.29 is 57.0 Å². The van der Waals surface area contributed by atoms with E-state index in [9.17, 15) is 33.6 Å². The van der Waals surface area contributed by atoms with Gasteiger partial charge in [0.2, 0.25) is 12.3 Å². The van der Waals surface area contributed by atoms with Gasteiger partial charge in [-0.25, -0.2) is 9.59 Å². The van der Waals surface area contributed by atoms with Crippen LogP contribution in [0.2, 0.25) is 0 Å². The van der Waals surface area contributed by atoms with Gasteiger partial charge < -0.3 is 39.4 Å². The summed E-state index contributed by atoms with van der Waals surface area (Å²) in [5.74, 6) is -3.26. The molecular weight excluding hydrogens is 764 g/mol. The summed E-state index contributed by atoms with van der Waals surface area (Å²) in [6.45, 7) is 11.7. The number of esters is 1. The first-order valence-electron chi connectivity index (χ1n) is 19.7. The maximum absolute atomic E-state index is 13.5. The third-order valence-electron chi connectivity index (χ3n) is 8.80. The van der Waals surface area contributed by atoms with Gasteiger partial charge in [-0.05, 0) is 77.3 Å². The van der Waals surface area contributed by atoms with Gasteiger partial charge in [0.1, 0.15) is 35.5 Å². The minimum Gasteiger partial charge on any atom is -0.493 e. The van der Waals surface area contributed by atoms with Gasteiger partial charge in [0.15, 0.2) is 5.76 Å². The SMILES string of the molecule is CCCCC[C@@H](C(=O)NCNC(=O)c1ccc(-c2ccc(C(=O)N[C@@H](CC(C)=O)C(=O)OCc3ccccc3)c(OCC)c2)o1)[C@@H](CC)N(C=O)OC(=O)OC(C)(C)C. The van der Waals surface area contributed by atoms with Crippen molar-refractivity contribution in [1.29, 1.82) is 0 Å². The maximum Gasteiger partial charge on any atom is 0.534 e. The first-order chi connectivity index (χ1) is 28.1. The number of rotatable bonds is 23. The zero-order valence-corrected chi connectivity index (χ0v) is 34.8. The Morgan fingerprint density at radius 2 is 1.63 bits per heavy atom. The fourth-order valence-electron chi connectivity index (χ4n) is 6.01. The number of unbranched alkanes of at least 4 members (excludes halogenated alkanes) is 2. The smallest absolute Gasteiger partial charge is 0.493 e. The molecule has 0 aliphatic carbocycles. The molecule has 16 nitrogen and oxygen atoms in total. The molecule has 4 amide bonds. The van der Waals surface area contributed by atoms with Gasteiger partial charge in [-0.15, -0.1) is 0 Å². The second-order valence-electron chi connectivity index (χ2n) is 14.7. The maximum atomic E-state index is 13.5. The van der Waals surface area contributed by atoms with Crippen molar-refractivity contribution in [2.24, 2.45) is 5.92 Å². The standard InChI is InChI=1S/C43H56N4O12/c1-8-11-13-18-31(34(9-2)47(27-48)59-42(54)58-43(5,6)7)38(50)44-26-45-40(52)36-22-21-35(57-36)30-19-20-32(37(24-30)55-10-3)39(51)46-33(23-28(4)49)41(53)56-25-29-16-14-12-15-17-29/h12,14-17,19-22,24,27,31,33-34H,8-11,13,18,23,25-26H2,1-7H3,(H,44,50)(H,45,52)(H,46,51)/t31-,33+,34-/m1/s1. The van der Waals surface area contributed by atoms with Crippen molar-refractivity contribution in [3.05, 3.63) is 77.6 Å². The first kappa shape index (κ1) is 47.2. The summed E-state index contributed by atoms with van der Waals surface area (Å²) >= 11 is 0. The van der Waals surface area contributed by atoms with E-state index in [1.807, 2.05) is 13.0 Å². The first-order valence-corrected chi connectivity index (χ1v) is 19.7. The van der Waals surface area contributed by atoms with Crippen LogP contribution >= 0.6 is 0 Å². The van der Waals surface area contributed by atoms with Gasteiger partial charge in [0, 0.05) is 12.0 Å². The molecule has 0 unspecified atom stereocenters. The molecule has 3 aromatic rings. The predicted octanol–water partition coefficient (Wildman–Crippen LogP) is 6.27. The number of nitrogens with zero attached hydrogens (tertiary/aromatic N) is 1. The molecule has 0 saturated carbocycles. The second kappa shape index (κ2) is 23.3. The Hall–Kier alpha value is -6.19. The number of carbonyl (C=O) groups is 7. The highest BCUT2D eigenvalue weighted by Crippen LogP contribution is 2.30. The molecule has 16 heteroatoms. The second-order valence-corrected chi connectivity index (χ2v) is 14.7. The van der Waals surface area contributed by atoms with Crippen LogP contribution in [-0.2, 0) is 40.1 Å². The Kier molecular flexibility index (Phi) is 18.6. The number of hydroxylamine groups is 2. The molecule has 1 heterocycles. The summed E-state index contributed by atoms with van der Waals surface area (Å²) in [6.07, 6.45) is 2.06. The fraction of sp³-hybridized carbons (Fsp3) is 0.465. The van der Waals surface area contributed by atoms with Crippen molar-refractivity contribution in [2.75, 3.05) is 13.3 Å². The quantitative estimate of drug-likeness (QED) is 0.0318. The van der Waals surface area contributed by atoms with E-state index in [2.05, 4.69) is 16.0 Å². The Balaban J connectivity index is 1.69. The molecule has 0 bridgehead atoms. The van der Waals surface area contributed by atoms with Crippen LogP contribution in [0.3, 0.4) is 0 Å². The van der Waals surface area contributed by atoms with Crippen LogP contribution in [0.1, 0.15) is 113 Å². The third kappa shape index (κ3) is 15.2. The Morgan fingerprint density at radius 3 is 2.25 bits per heavy atom. The minimum atomic E-state index is -1.24. The minimum absolute atomic E-state index is 0.0322. The molecule has 59 heavy (non-hydrogen) atoms. The molecular formula is C43H56N4O12. The summed E-state index contributed by atoms with van der Waals surface area (Å²) in [7, 11) is 0. The van der Waals surface area contributed by atoms with Crippen LogP contribution in [0, 0.1) is 5.92 Å². The van der Waals surface area contributed by atoms with Crippen LogP contribution < -0.4 is 20.7 Å². The summed E-state index contributed by atoms with van der Waals surface area (Å²) < 4.78 is 22.1. The topological polar surface area (TPSA) is 209 Å². The van der Waals surface area contributed by atoms with Crippen LogP contribution in [0.25, 0.3) is 11.3 Å². The Morgan fingerprint density at radius 1 is 0.898 bits per heavy atom. The zero-order chi connectivity index (χ0) is 43.5. The number of ether oxygens (including phenoxy) is 3. The van der Waals surface area contributed by atoms with E-state index >= 15 is 0 Å². The van der Waals surface area contributed by atoms with E-state index in [1.54, 1.807) is 77.1 Å². The van der Waals surface area contributed by atoms with E-state index in [-0.39, 0.29) is 61.3 Å². The number of hydrogen-bond acceptors (Lipinski definition) is 12. The van der Waals surface area contributed by atoms with Gasteiger partial charge in [0.05, 0.1) is 30.8 Å². The number of Topliss-reactive ketones (excluding diaryl/α,β-unsaturated/α-hetero) is 1. The molecule has 0 fully saturated rings. The Bertz CT molecular complexity index is 1890. The molecule has 0 aliphatic rings. The summed E-state index contributed by atoms with van der Waals surface area (Å²) in [4.78, 5) is 94.5. The van der Waals surface area contributed by atoms with Gasteiger partial charge >= 0.3 is 12.1 Å². The normalized spacial score (nSPS) is 12.5.